The zero-order chi connectivity index (χ0) is 25.1. The van der Waals surface area contributed by atoms with Crippen LogP contribution in [-0.4, -0.2) is 64.3 Å². The van der Waals surface area contributed by atoms with Crippen molar-refractivity contribution in [1.29, 1.82) is 0 Å². The molecule has 3 heterocycles. The molecule has 1 amide bonds. The highest BCUT2D eigenvalue weighted by molar-refractivity contribution is 8.00. The van der Waals surface area contributed by atoms with Crippen LogP contribution in [0.4, 0.5) is 5.69 Å². The van der Waals surface area contributed by atoms with Crippen molar-refractivity contribution < 1.29 is 17.9 Å². The van der Waals surface area contributed by atoms with Crippen molar-refractivity contribution in [1.82, 2.24) is 24.1 Å². The van der Waals surface area contributed by atoms with Crippen LogP contribution in [0.5, 0.6) is 5.75 Å². The van der Waals surface area contributed by atoms with Crippen LogP contribution in [0.1, 0.15) is 12.8 Å². The molecule has 5 rings (SSSR count). The molecule has 2 aromatic carbocycles. The summed E-state index contributed by atoms with van der Waals surface area (Å²) in [7, 11) is -1.87. The third-order valence-corrected chi connectivity index (χ3v) is 8.75. The van der Waals surface area contributed by atoms with E-state index in [1.165, 1.54) is 34.5 Å². The molecule has 0 bridgehead atoms. The van der Waals surface area contributed by atoms with Gasteiger partial charge in [-0.2, -0.15) is 9.40 Å². The van der Waals surface area contributed by atoms with Crippen LogP contribution >= 0.6 is 11.8 Å². The summed E-state index contributed by atoms with van der Waals surface area (Å²) in [5.74, 6) is 0.632. The van der Waals surface area contributed by atoms with Crippen molar-refractivity contribution >= 4 is 44.4 Å². The third-order valence-electron chi connectivity index (χ3n) is 5.83. The molecule has 1 N–H and O–H groups in total. The molecule has 0 radical (unpaired) electrons. The molecule has 0 saturated carbocycles. The molecule has 186 valence electrons. The zero-order valence-corrected chi connectivity index (χ0v) is 21.1. The number of carbonyl (C=O) groups excluding carboxylic acids is 1. The number of sulfonamides is 1. The molecule has 10 nitrogen and oxygen atoms in total. The summed E-state index contributed by atoms with van der Waals surface area (Å²) in [4.78, 5) is 21.5. The van der Waals surface area contributed by atoms with Crippen LogP contribution in [-0.2, 0) is 14.8 Å². The van der Waals surface area contributed by atoms with E-state index in [2.05, 4.69) is 20.4 Å². The molecule has 0 spiro atoms. The van der Waals surface area contributed by atoms with E-state index in [0.29, 0.717) is 29.5 Å². The van der Waals surface area contributed by atoms with Crippen LogP contribution in [0.3, 0.4) is 0 Å². The molecule has 1 fully saturated rings. The molecule has 1 aliphatic heterocycles. The lowest BCUT2D eigenvalue weighted by Crippen LogP contribution is -2.27. The van der Waals surface area contributed by atoms with E-state index in [1.54, 1.807) is 30.1 Å². The lowest BCUT2D eigenvalue weighted by molar-refractivity contribution is -0.113. The number of aromatic nitrogens is 4. The Bertz CT molecular complexity index is 1480. The predicted molar refractivity (Wildman–Crippen MR) is 137 cm³/mol. The second kappa shape index (κ2) is 10.2. The quantitative estimate of drug-likeness (QED) is 0.275. The van der Waals surface area contributed by atoms with Gasteiger partial charge in [0.25, 0.3) is 0 Å². The molecular formula is C24H24N6O4S2. The number of anilines is 1. The number of fused-ring (bicyclic) bond motifs is 1. The monoisotopic (exact) mass is 524 g/mol. The van der Waals surface area contributed by atoms with Gasteiger partial charge in [0.15, 0.2) is 5.65 Å². The average Bonchev–Trinajstić information content (AvgIpc) is 3.59. The van der Waals surface area contributed by atoms with Gasteiger partial charge in [0.05, 0.1) is 35.0 Å². The highest BCUT2D eigenvalue weighted by Crippen LogP contribution is 2.27. The summed E-state index contributed by atoms with van der Waals surface area (Å²) in [6.07, 6.45) is 4.89. The molecule has 1 aliphatic rings. The van der Waals surface area contributed by atoms with Crippen molar-refractivity contribution in [2.75, 3.05) is 31.3 Å². The Labute approximate surface area is 212 Å². The number of carbonyl (C=O) groups is 1. The van der Waals surface area contributed by atoms with Gasteiger partial charge in [-0.05, 0) is 61.4 Å². The Morgan fingerprint density at radius 1 is 1.06 bits per heavy atom. The highest BCUT2D eigenvalue weighted by atomic mass is 32.2. The molecule has 4 aromatic rings. The second-order valence-electron chi connectivity index (χ2n) is 8.14. The van der Waals surface area contributed by atoms with Crippen LogP contribution in [0.25, 0.3) is 16.7 Å². The van der Waals surface area contributed by atoms with Crippen molar-refractivity contribution in [2.45, 2.75) is 22.8 Å². The van der Waals surface area contributed by atoms with Crippen LogP contribution in [0.15, 0.2) is 71.0 Å². The van der Waals surface area contributed by atoms with Gasteiger partial charge in [-0.1, -0.05) is 11.8 Å². The minimum Gasteiger partial charge on any atom is -0.497 e. The number of rotatable bonds is 8. The van der Waals surface area contributed by atoms with E-state index in [9.17, 15) is 13.2 Å². The number of hydrogen-bond donors (Lipinski definition) is 1. The van der Waals surface area contributed by atoms with Crippen molar-refractivity contribution in [3.05, 3.63) is 61.1 Å². The van der Waals surface area contributed by atoms with E-state index >= 15 is 0 Å². The Balaban J connectivity index is 1.24. The molecule has 0 atom stereocenters. The van der Waals surface area contributed by atoms with Crippen molar-refractivity contribution in [3.63, 3.8) is 0 Å². The SMILES string of the molecule is COc1ccc(-n2ncc3c(SCC(=O)Nc4ccc(S(=O)(=O)N5CCCC5)cc4)ncnc32)cc1. The van der Waals surface area contributed by atoms with Gasteiger partial charge < -0.3 is 10.1 Å². The second-order valence-corrected chi connectivity index (χ2v) is 11.0. The lowest BCUT2D eigenvalue weighted by Gasteiger charge is -2.15. The number of nitrogens with zero attached hydrogens (tertiary/aromatic N) is 5. The molecule has 2 aromatic heterocycles. The van der Waals surface area contributed by atoms with Gasteiger partial charge in [0.2, 0.25) is 15.9 Å². The third kappa shape index (κ3) is 4.92. The molecular weight excluding hydrogens is 500 g/mol. The van der Waals surface area contributed by atoms with E-state index in [4.69, 9.17) is 4.74 Å². The summed E-state index contributed by atoms with van der Waals surface area (Å²) < 4.78 is 33.7. The minimum atomic E-state index is -3.48. The fourth-order valence-electron chi connectivity index (χ4n) is 3.97. The van der Waals surface area contributed by atoms with E-state index in [1.807, 2.05) is 24.3 Å². The largest absolute Gasteiger partial charge is 0.497 e. The maximum Gasteiger partial charge on any atom is 0.243 e. The van der Waals surface area contributed by atoms with E-state index in [0.717, 1.165) is 29.7 Å². The maximum absolute atomic E-state index is 12.7. The normalized spacial score (nSPS) is 14.2. The summed E-state index contributed by atoms with van der Waals surface area (Å²) >= 11 is 1.28. The van der Waals surface area contributed by atoms with Gasteiger partial charge in [-0.15, -0.1) is 0 Å². The van der Waals surface area contributed by atoms with E-state index in [-0.39, 0.29) is 16.6 Å². The fraction of sp³-hybridized carbons (Fsp3) is 0.250. The summed E-state index contributed by atoms with van der Waals surface area (Å²) in [5.41, 5.74) is 1.99. The Morgan fingerprint density at radius 3 is 2.47 bits per heavy atom. The number of ether oxygens (including phenoxy) is 1. The van der Waals surface area contributed by atoms with Crippen molar-refractivity contribution in [3.8, 4) is 11.4 Å². The lowest BCUT2D eigenvalue weighted by atomic mass is 10.3. The van der Waals surface area contributed by atoms with E-state index < -0.39 is 10.0 Å². The first kappa shape index (κ1) is 24.2. The topological polar surface area (TPSA) is 119 Å². The van der Waals surface area contributed by atoms with Crippen LogP contribution in [0.2, 0.25) is 0 Å². The predicted octanol–water partition coefficient (Wildman–Crippen LogP) is 3.34. The first-order chi connectivity index (χ1) is 17.5. The summed E-state index contributed by atoms with van der Waals surface area (Å²) in [5, 5.41) is 8.63. The van der Waals surface area contributed by atoms with Gasteiger partial charge in [0.1, 0.15) is 17.1 Å². The highest BCUT2D eigenvalue weighted by Gasteiger charge is 2.27. The number of thioether (sulfide) groups is 1. The maximum atomic E-state index is 12.7. The molecule has 0 aliphatic carbocycles. The average molecular weight is 525 g/mol. The van der Waals surface area contributed by atoms with Gasteiger partial charge >= 0.3 is 0 Å². The van der Waals surface area contributed by atoms with Crippen LogP contribution < -0.4 is 10.1 Å². The number of hydrogen-bond acceptors (Lipinski definition) is 8. The number of methoxy groups -OCH3 is 1. The smallest absolute Gasteiger partial charge is 0.243 e. The first-order valence-corrected chi connectivity index (χ1v) is 13.7. The Kier molecular flexibility index (Phi) is 6.90. The standard InChI is InChI=1S/C24H24N6O4S2/c1-34-19-8-6-18(7-9-19)30-23-21(14-27-30)24(26-16-25-23)35-15-22(31)28-17-4-10-20(11-5-17)36(32,33)29-12-2-3-13-29/h4-11,14,16H,2-3,12-13,15H2,1H3,(H,28,31). The van der Waals surface area contributed by atoms with Crippen LogP contribution in [0, 0.1) is 0 Å². The number of nitrogens with one attached hydrogen (secondary N) is 1. The van der Waals surface area contributed by atoms with Gasteiger partial charge in [0, 0.05) is 18.8 Å². The molecule has 12 heteroatoms. The summed E-state index contributed by atoms with van der Waals surface area (Å²) in [6.45, 7) is 1.10. The van der Waals surface area contributed by atoms with Gasteiger partial charge in [-0.3, -0.25) is 4.79 Å². The minimum absolute atomic E-state index is 0.119. The van der Waals surface area contributed by atoms with Crippen molar-refractivity contribution in [2.24, 2.45) is 0 Å². The zero-order valence-electron chi connectivity index (χ0n) is 19.5. The number of amides is 1. The van der Waals surface area contributed by atoms with Gasteiger partial charge in [-0.25, -0.2) is 23.1 Å². The fourth-order valence-corrected chi connectivity index (χ4v) is 6.25. The molecule has 36 heavy (non-hydrogen) atoms. The molecule has 1 saturated heterocycles. The first-order valence-electron chi connectivity index (χ1n) is 11.3. The Morgan fingerprint density at radius 2 is 1.78 bits per heavy atom. The summed E-state index contributed by atoms with van der Waals surface area (Å²) in [6, 6.07) is 13.7. The molecule has 0 unspecified atom stereocenters. The number of benzene rings is 2. The Hall–Kier alpha value is -3.48.